The van der Waals surface area contributed by atoms with Gasteiger partial charge in [0.2, 0.25) is 11.1 Å². The average molecular weight is 428 g/mol. The van der Waals surface area contributed by atoms with Gasteiger partial charge in [-0.05, 0) is 24.1 Å². The Morgan fingerprint density at radius 2 is 1.61 bits per heavy atom. The molecule has 154 valence electrons. The van der Waals surface area contributed by atoms with Crippen LogP contribution >= 0.6 is 11.8 Å². The van der Waals surface area contributed by atoms with Crippen LogP contribution in [0.2, 0.25) is 0 Å². The Morgan fingerprint density at radius 1 is 0.935 bits per heavy atom. The largest absolute Gasteiger partial charge is 0.325 e. The molecule has 0 saturated heterocycles. The van der Waals surface area contributed by atoms with Crippen molar-refractivity contribution in [1.82, 2.24) is 14.9 Å². The van der Waals surface area contributed by atoms with Crippen molar-refractivity contribution < 1.29 is 4.79 Å². The molecule has 0 saturated carbocycles. The number of anilines is 1. The zero-order chi connectivity index (χ0) is 21.2. The van der Waals surface area contributed by atoms with Gasteiger partial charge < -0.3 is 10.7 Å². The van der Waals surface area contributed by atoms with Gasteiger partial charge in [0.05, 0.1) is 6.04 Å². The Bertz CT molecular complexity index is 1210. The summed E-state index contributed by atoms with van der Waals surface area (Å²) >= 11 is 1.42. The average Bonchev–Trinajstić information content (AvgIpc) is 3.24. The minimum absolute atomic E-state index is 0.0730. The number of para-hydroxylation sites is 1. The number of aryl methyl sites for hydroxylation is 1. The Kier molecular flexibility index (Phi) is 5.18. The lowest BCUT2D eigenvalue weighted by Gasteiger charge is -2.33. The summed E-state index contributed by atoms with van der Waals surface area (Å²) in [5.74, 6) is 0.651. The maximum absolute atomic E-state index is 13.4. The molecule has 5 rings (SSSR count). The van der Waals surface area contributed by atoms with Crippen molar-refractivity contribution in [3.8, 4) is 11.4 Å². The molecule has 0 fully saturated rings. The first kappa shape index (κ1) is 19.4. The Balaban J connectivity index is 1.51. The van der Waals surface area contributed by atoms with Gasteiger partial charge in [0.1, 0.15) is 5.25 Å². The first-order valence-corrected chi connectivity index (χ1v) is 10.9. The molecule has 0 radical (unpaired) electrons. The highest BCUT2D eigenvalue weighted by atomic mass is 32.2. The molecule has 31 heavy (non-hydrogen) atoms. The molecule has 1 amide bonds. The van der Waals surface area contributed by atoms with Gasteiger partial charge in [-0.3, -0.25) is 4.79 Å². The minimum Gasteiger partial charge on any atom is -0.325 e. The third kappa shape index (κ3) is 3.80. The van der Waals surface area contributed by atoms with Crippen molar-refractivity contribution in [1.29, 1.82) is 0 Å². The van der Waals surface area contributed by atoms with Crippen molar-refractivity contribution in [3.05, 3.63) is 96.1 Å². The van der Waals surface area contributed by atoms with Crippen LogP contribution in [-0.4, -0.2) is 26.0 Å². The number of benzene rings is 3. The van der Waals surface area contributed by atoms with E-state index in [0.29, 0.717) is 5.16 Å². The third-order valence-corrected chi connectivity index (χ3v) is 6.50. The first-order chi connectivity index (χ1) is 15.2. The first-order valence-electron chi connectivity index (χ1n) is 10.1. The van der Waals surface area contributed by atoms with Crippen LogP contribution in [0.5, 0.6) is 0 Å². The van der Waals surface area contributed by atoms with Gasteiger partial charge in [-0.15, -0.1) is 10.2 Å². The number of hydrogen-bond donors (Lipinski definition) is 2. The summed E-state index contributed by atoms with van der Waals surface area (Å²) in [7, 11) is 0. The van der Waals surface area contributed by atoms with E-state index < -0.39 is 5.25 Å². The maximum Gasteiger partial charge on any atom is 0.240 e. The SMILES string of the molecule is Cc1ccccc1NC(=O)[C@@H]1Sc2nnc(-c3ccccc3)n2N[C@@H]1c1ccccc1. The topological polar surface area (TPSA) is 71.8 Å². The highest BCUT2D eigenvalue weighted by Gasteiger charge is 2.38. The van der Waals surface area contributed by atoms with Gasteiger partial charge >= 0.3 is 0 Å². The fourth-order valence-corrected chi connectivity index (χ4v) is 4.74. The number of thioether (sulfide) groups is 1. The zero-order valence-corrected chi connectivity index (χ0v) is 17.7. The van der Waals surface area contributed by atoms with Gasteiger partial charge in [-0.25, -0.2) is 4.68 Å². The molecule has 0 spiro atoms. The predicted molar refractivity (Wildman–Crippen MR) is 123 cm³/mol. The van der Waals surface area contributed by atoms with Crippen LogP contribution in [0.4, 0.5) is 5.69 Å². The van der Waals surface area contributed by atoms with Crippen LogP contribution in [-0.2, 0) is 4.79 Å². The van der Waals surface area contributed by atoms with Crippen LogP contribution < -0.4 is 10.7 Å². The van der Waals surface area contributed by atoms with E-state index in [-0.39, 0.29) is 11.9 Å². The number of carbonyl (C=O) groups is 1. The normalized spacial score (nSPS) is 17.5. The number of nitrogens with one attached hydrogen (secondary N) is 2. The highest BCUT2D eigenvalue weighted by Crippen LogP contribution is 2.39. The van der Waals surface area contributed by atoms with Crippen LogP contribution in [0.15, 0.2) is 90.1 Å². The minimum atomic E-state index is -0.415. The number of nitrogens with zero attached hydrogens (tertiary/aromatic N) is 3. The van der Waals surface area contributed by atoms with Crippen molar-refractivity contribution in [2.45, 2.75) is 23.4 Å². The molecule has 0 aliphatic carbocycles. The molecule has 1 aromatic heterocycles. The number of aromatic nitrogens is 3. The lowest BCUT2D eigenvalue weighted by molar-refractivity contribution is -0.116. The van der Waals surface area contributed by atoms with Gasteiger partial charge in [-0.1, -0.05) is 90.6 Å². The summed E-state index contributed by atoms with van der Waals surface area (Å²) in [4.78, 5) is 13.4. The number of amides is 1. The second-order valence-corrected chi connectivity index (χ2v) is 8.48. The van der Waals surface area contributed by atoms with E-state index in [1.807, 2.05) is 96.5 Å². The van der Waals surface area contributed by atoms with Gasteiger partial charge in [-0.2, -0.15) is 0 Å². The lowest BCUT2D eigenvalue weighted by Crippen LogP contribution is -2.41. The van der Waals surface area contributed by atoms with Crippen molar-refractivity contribution in [3.63, 3.8) is 0 Å². The zero-order valence-electron chi connectivity index (χ0n) is 16.9. The molecule has 2 N–H and O–H groups in total. The molecule has 6 nitrogen and oxygen atoms in total. The summed E-state index contributed by atoms with van der Waals surface area (Å²) in [6, 6.07) is 27.5. The molecule has 3 aromatic carbocycles. The second kappa shape index (κ2) is 8.28. The molecule has 2 atom stereocenters. The molecular weight excluding hydrogens is 406 g/mol. The molecular formula is C24H21N5OS. The van der Waals surface area contributed by atoms with Crippen LogP contribution in [0.3, 0.4) is 0 Å². The number of rotatable bonds is 4. The Labute approximate surface area is 184 Å². The van der Waals surface area contributed by atoms with E-state index in [2.05, 4.69) is 20.9 Å². The molecule has 1 aliphatic rings. The monoisotopic (exact) mass is 427 g/mol. The third-order valence-electron chi connectivity index (χ3n) is 5.29. The number of fused-ring (bicyclic) bond motifs is 1. The fourth-order valence-electron chi connectivity index (χ4n) is 3.66. The summed E-state index contributed by atoms with van der Waals surface area (Å²) < 4.78 is 1.88. The highest BCUT2D eigenvalue weighted by molar-refractivity contribution is 8.00. The van der Waals surface area contributed by atoms with E-state index in [9.17, 15) is 4.79 Å². The molecule has 7 heteroatoms. The quantitative estimate of drug-likeness (QED) is 0.496. The summed E-state index contributed by atoms with van der Waals surface area (Å²) in [6.45, 7) is 1.99. The van der Waals surface area contributed by atoms with Crippen LogP contribution in [0.1, 0.15) is 17.2 Å². The van der Waals surface area contributed by atoms with E-state index in [1.165, 1.54) is 11.8 Å². The van der Waals surface area contributed by atoms with Gasteiger partial charge in [0.15, 0.2) is 5.82 Å². The van der Waals surface area contributed by atoms with E-state index in [4.69, 9.17) is 0 Å². The van der Waals surface area contributed by atoms with E-state index >= 15 is 0 Å². The van der Waals surface area contributed by atoms with Crippen molar-refractivity contribution in [2.75, 3.05) is 10.7 Å². The Morgan fingerprint density at radius 3 is 2.35 bits per heavy atom. The van der Waals surface area contributed by atoms with Gasteiger partial charge in [0.25, 0.3) is 0 Å². The fraction of sp³-hybridized carbons (Fsp3) is 0.125. The van der Waals surface area contributed by atoms with Gasteiger partial charge in [0, 0.05) is 11.3 Å². The van der Waals surface area contributed by atoms with Crippen LogP contribution in [0.25, 0.3) is 11.4 Å². The summed E-state index contributed by atoms with van der Waals surface area (Å²) in [5.41, 5.74) is 7.33. The number of carbonyl (C=O) groups excluding carboxylic acids is 1. The number of hydrogen-bond acceptors (Lipinski definition) is 5. The smallest absolute Gasteiger partial charge is 0.240 e. The maximum atomic E-state index is 13.4. The van der Waals surface area contributed by atoms with Crippen LogP contribution in [0, 0.1) is 6.92 Å². The molecule has 1 aliphatic heterocycles. The molecule has 2 heterocycles. The Hall–Kier alpha value is -3.58. The van der Waals surface area contributed by atoms with E-state index in [0.717, 1.165) is 28.2 Å². The summed E-state index contributed by atoms with van der Waals surface area (Å²) in [6.07, 6.45) is 0. The van der Waals surface area contributed by atoms with Crippen molar-refractivity contribution >= 4 is 23.4 Å². The standard InChI is InChI=1S/C24H21N5OS/c1-16-10-8-9-15-19(16)25-23(30)21-20(17-11-4-2-5-12-17)28-29-22(26-27-24(29)31-21)18-13-6-3-7-14-18/h2-15,20-21,28H,1H3,(H,25,30)/t20-,21-/m1/s1. The molecule has 0 bridgehead atoms. The molecule has 0 unspecified atom stereocenters. The second-order valence-electron chi connectivity index (χ2n) is 7.37. The summed E-state index contributed by atoms with van der Waals surface area (Å²) in [5, 5.41) is 12.1. The molecule has 4 aromatic rings. The lowest BCUT2D eigenvalue weighted by atomic mass is 10.0. The van der Waals surface area contributed by atoms with Crippen molar-refractivity contribution in [2.24, 2.45) is 0 Å². The van der Waals surface area contributed by atoms with E-state index in [1.54, 1.807) is 0 Å². The predicted octanol–water partition coefficient (Wildman–Crippen LogP) is 4.65.